The van der Waals surface area contributed by atoms with Gasteiger partial charge in [0.05, 0.1) is 19.9 Å². The van der Waals surface area contributed by atoms with Crippen LogP contribution in [0.4, 0.5) is 5.82 Å². The monoisotopic (exact) mass is 260 g/mol. The summed E-state index contributed by atoms with van der Waals surface area (Å²) in [6.45, 7) is 1.81. The van der Waals surface area contributed by atoms with Crippen LogP contribution in [-0.2, 0) is 0 Å². The zero-order chi connectivity index (χ0) is 14.0. The molecule has 1 aromatic heterocycles. The third-order valence-corrected chi connectivity index (χ3v) is 2.91. The van der Waals surface area contributed by atoms with Crippen LogP contribution in [0.2, 0.25) is 0 Å². The van der Waals surface area contributed by atoms with Crippen LogP contribution >= 0.6 is 0 Å². The zero-order valence-corrected chi connectivity index (χ0v) is 11.1. The highest BCUT2D eigenvalue weighted by molar-refractivity contribution is 5.80. The fraction of sp³-hybridized carbons (Fsp3) is 0.214. The Kier molecular flexibility index (Phi) is 3.46. The van der Waals surface area contributed by atoms with E-state index in [1.165, 1.54) is 0 Å². The van der Waals surface area contributed by atoms with E-state index in [0.29, 0.717) is 34.1 Å². The van der Waals surface area contributed by atoms with Crippen LogP contribution < -0.4 is 15.2 Å². The van der Waals surface area contributed by atoms with Crippen molar-refractivity contribution in [3.05, 3.63) is 30.0 Å². The SMILES string of the molecule is COc1ccc(O)c(-c2cc(OC)c(C)nc2N)c1. The highest BCUT2D eigenvalue weighted by Gasteiger charge is 2.13. The Morgan fingerprint density at radius 2 is 1.84 bits per heavy atom. The van der Waals surface area contributed by atoms with E-state index in [9.17, 15) is 5.11 Å². The Morgan fingerprint density at radius 1 is 1.11 bits per heavy atom. The maximum Gasteiger partial charge on any atom is 0.140 e. The van der Waals surface area contributed by atoms with Crippen LogP contribution in [0.25, 0.3) is 11.1 Å². The maximum atomic E-state index is 9.96. The molecule has 0 saturated carbocycles. The van der Waals surface area contributed by atoms with Gasteiger partial charge in [-0.1, -0.05) is 0 Å². The van der Waals surface area contributed by atoms with Crippen LogP contribution in [0.3, 0.4) is 0 Å². The minimum Gasteiger partial charge on any atom is -0.507 e. The van der Waals surface area contributed by atoms with E-state index in [1.807, 2.05) is 6.92 Å². The number of hydrogen-bond acceptors (Lipinski definition) is 5. The summed E-state index contributed by atoms with van der Waals surface area (Å²) < 4.78 is 10.4. The molecule has 1 aromatic carbocycles. The fourth-order valence-corrected chi connectivity index (χ4v) is 1.89. The van der Waals surface area contributed by atoms with Gasteiger partial charge in [0.15, 0.2) is 0 Å². The van der Waals surface area contributed by atoms with Crippen molar-refractivity contribution in [2.24, 2.45) is 0 Å². The van der Waals surface area contributed by atoms with Gasteiger partial charge >= 0.3 is 0 Å². The average Bonchev–Trinajstić information content (AvgIpc) is 2.40. The van der Waals surface area contributed by atoms with Crippen molar-refractivity contribution < 1.29 is 14.6 Å². The summed E-state index contributed by atoms with van der Waals surface area (Å²) in [4.78, 5) is 4.22. The number of ether oxygens (including phenoxy) is 2. The summed E-state index contributed by atoms with van der Waals surface area (Å²) in [5, 5.41) is 9.96. The number of rotatable bonds is 3. The van der Waals surface area contributed by atoms with Gasteiger partial charge in [0.25, 0.3) is 0 Å². The molecule has 0 atom stereocenters. The molecular weight excluding hydrogens is 244 g/mol. The van der Waals surface area contributed by atoms with E-state index in [0.717, 1.165) is 0 Å². The van der Waals surface area contributed by atoms with Crippen molar-refractivity contribution in [3.63, 3.8) is 0 Å². The third-order valence-electron chi connectivity index (χ3n) is 2.91. The van der Waals surface area contributed by atoms with Gasteiger partial charge in [-0.3, -0.25) is 0 Å². The number of phenolic OH excluding ortho intramolecular Hbond substituents is 1. The van der Waals surface area contributed by atoms with Gasteiger partial charge in [0, 0.05) is 11.1 Å². The first kappa shape index (κ1) is 13.0. The molecular formula is C14H16N2O3. The molecule has 0 aliphatic carbocycles. The normalized spacial score (nSPS) is 10.3. The lowest BCUT2D eigenvalue weighted by molar-refractivity contribution is 0.409. The Bertz CT molecular complexity index is 612. The van der Waals surface area contributed by atoms with Crippen molar-refractivity contribution in [1.29, 1.82) is 0 Å². The van der Waals surface area contributed by atoms with Crippen molar-refractivity contribution in [1.82, 2.24) is 4.98 Å². The van der Waals surface area contributed by atoms with Gasteiger partial charge in [-0.15, -0.1) is 0 Å². The van der Waals surface area contributed by atoms with E-state index in [1.54, 1.807) is 38.5 Å². The number of nitrogen functional groups attached to an aromatic ring is 1. The molecule has 0 aliphatic heterocycles. The number of nitrogens with zero attached hydrogens (tertiary/aromatic N) is 1. The summed E-state index contributed by atoms with van der Waals surface area (Å²) >= 11 is 0. The third kappa shape index (κ3) is 2.40. The first-order chi connectivity index (χ1) is 9.06. The molecule has 0 amide bonds. The van der Waals surface area contributed by atoms with Gasteiger partial charge < -0.3 is 20.3 Å². The molecule has 0 aliphatic rings. The first-order valence-electron chi connectivity index (χ1n) is 5.75. The highest BCUT2D eigenvalue weighted by Crippen LogP contribution is 2.37. The number of anilines is 1. The second-order valence-corrected chi connectivity index (χ2v) is 4.09. The average molecular weight is 260 g/mol. The van der Waals surface area contributed by atoms with Gasteiger partial charge in [0.2, 0.25) is 0 Å². The molecule has 100 valence electrons. The summed E-state index contributed by atoms with van der Waals surface area (Å²) in [6.07, 6.45) is 0. The Morgan fingerprint density at radius 3 is 2.47 bits per heavy atom. The molecule has 0 saturated heterocycles. The molecule has 0 fully saturated rings. The predicted octanol–water partition coefficient (Wildman–Crippen LogP) is 2.36. The van der Waals surface area contributed by atoms with Crippen molar-refractivity contribution >= 4 is 5.82 Å². The van der Waals surface area contributed by atoms with Crippen molar-refractivity contribution in [3.8, 4) is 28.4 Å². The van der Waals surface area contributed by atoms with E-state index in [4.69, 9.17) is 15.2 Å². The van der Waals surface area contributed by atoms with E-state index in [2.05, 4.69) is 4.98 Å². The minimum atomic E-state index is 0.111. The number of methoxy groups -OCH3 is 2. The number of aryl methyl sites for hydroxylation is 1. The van der Waals surface area contributed by atoms with Crippen LogP contribution in [-0.4, -0.2) is 24.3 Å². The molecule has 0 radical (unpaired) electrons. The lowest BCUT2D eigenvalue weighted by atomic mass is 10.0. The minimum absolute atomic E-state index is 0.111. The van der Waals surface area contributed by atoms with Crippen molar-refractivity contribution in [2.45, 2.75) is 6.92 Å². The lowest BCUT2D eigenvalue weighted by Gasteiger charge is -2.12. The van der Waals surface area contributed by atoms with Gasteiger partial charge in [-0.2, -0.15) is 0 Å². The summed E-state index contributed by atoms with van der Waals surface area (Å²) in [5.74, 6) is 1.69. The molecule has 5 nitrogen and oxygen atoms in total. The highest BCUT2D eigenvalue weighted by atomic mass is 16.5. The van der Waals surface area contributed by atoms with Crippen LogP contribution in [0.5, 0.6) is 17.2 Å². The zero-order valence-electron chi connectivity index (χ0n) is 11.1. The second-order valence-electron chi connectivity index (χ2n) is 4.09. The molecule has 2 aromatic rings. The maximum absolute atomic E-state index is 9.96. The summed E-state index contributed by atoms with van der Waals surface area (Å²) in [5.41, 5.74) is 7.79. The Hall–Kier alpha value is -2.43. The second kappa shape index (κ2) is 5.06. The van der Waals surface area contributed by atoms with Gasteiger partial charge in [0.1, 0.15) is 23.1 Å². The largest absolute Gasteiger partial charge is 0.507 e. The molecule has 19 heavy (non-hydrogen) atoms. The first-order valence-corrected chi connectivity index (χ1v) is 5.75. The number of benzene rings is 1. The number of aromatic nitrogens is 1. The van der Waals surface area contributed by atoms with Crippen LogP contribution in [0.15, 0.2) is 24.3 Å². The molecule has 1 heterocycles. The predicted molar refractivity (Wildman–Crippen MR) is 73.6 cm³/mol. The van der Waals surface area contributed by atoms with Gasteiger partial charge in [-0.05, 0) is 31.2 Å². The topological polar surface area (TPSA) is 77.6 Å². The fourth-order valence-electron chi connectivity index (χ4n) is 1.89. The Balaban J connectivity index is 2.64. The number of pyridine rings is 1. The van der Waals surface area contributed by atoms with E-state index in [-0.39, 0.29) is 5.75 Å². The molecule has 2 rings (SSSR count). The number of hydrogen-bond donors (Lipinski definition) is 2. The van der Waals surface area contributed by atoms with E-state index >= 15 is 0 Å². The summed E-state index contributed by atoms with van der Waals surface area (Å²) in [6, 6.07) is 6.69. The quantitative estimate of drug-likeness (QED) is 0.885. The Labute approximate surface area is 111 Å². The summed E-state index contributed by atoms with van der Waals surface area (Å²) in [7, 11) is 3.13. The number of nitrogens with two attached hydrogens (primary N) is 1. The van der Waals surface area contributed by atoms with E-state index < -0.39 is 0 Å². The molecule has 0 spiro atoms. The van der Waals surface area contributed by atoms with Crippen LogP contribution in [0.1, 0.15) is 5.69 Å². The smallest absolute Gasteiger partial charge is 0.140 e. The lowest BCUT2D eigenvalue weighted by Crippen LogP contribution is -1.99. The standard InChI is InChI=1S/C14H16N2O3/c1-8-13(19-3)7-11(14(15)16-8)10-6-9(18-2)4-5-12(10)17/h4-7,17H,1-3H3,(H2,15,16). The van der Waals surface area contributed by atoms with Gasteiger partial charge in [-0.25, -0.2) is 4.98 Å². The van der Waals surface area contributed by atoms with Crippen molar-refractivity contribution in [2.75, 3.05) is 20.0 Å². The molecule has 3 N–H and O–H groups in total. The molecule has 0 bridgehead atoms. The van der Waals surface area contributed by atoms with Crippen LogP contribution in [0, 0.1) is 6.92 Å². The number of phenols is 1. The molecule has 0 unspecified atom stereocenters. The molecule has 5 heteroatoms. The number of aromatic hydroxyl groups is 1.